The second-order valence-electron chi connectivity index (χ2n) is 5.50. The molecular formula is C17H23NO4. The highest BCUT2D eigenvalue weighted by Gasteiger charge is 2.23. The van der Waals surface area contributed by atoms with E-state index in [0.717, 1.165) is 24.5 Å². The van der Waals surface area contributed by atoms with Gasteiger partial charge in [-0.15, -0.1) is 0 Å². The summed E-state index contributed by atoms with van der Waals surface area (Å²) in [5.74, 6) is 0.589. The summed E-state index contributed by atoms with van der Waals surface area (Å²) in [5.41, 5.74) is 1.64. The van der Waals surface area contributed by atoms with Crippen LogP contribution in [0, 0.1) is 0 Å². The first kappa shape index (κ1) is 16.3. The zero-order valence-corrected chi connectivity index (χ0v) is 13.4. The summed E-state index contributed by atoms with van der Waals surface area (Å²) >= 11 is 0. The Labute approximate surface area is 131 Å². The summed E-state index contributed by atoms with van der Waals surface area (Å²) in [6, 6.07) is 5.55. The zero-order chi connectivity index (χ0) is 16.1. The third-order valence-electron chi connectivity index (χ3n) is 3.82. The lowest BCUT2D eigenvalue weighted by Crippen LogP contribution is -2.38. The number of Topliss-reactive ketones (excluding diaryl/α,β-unsaturated/α-hetero) is 1. The molecule has 5 nitrogen and oxygen atoms in total. The molecule has 120 valence electrons. The fourth-order valence-corrected chi connectivity index (χ4v) is 2.64. The van der Waals surface area contributed by atoms with Crippen LogP contribution in [0.4, 0.5) is 5.69 Å². The van der Waals surface area contributed by atoms with Gasteiger partial charge in [-0.3, -0.25) is 9.59 Å². The second-order valence-corrected chi connectivity index (χ2v) is 5.50. The zero-order valence-electron chi connectivity index (χ0n) is 13.4. The van der Waals surface area contributed by atoms with Crippen LogP contribution >= 0.6 is 0 Å². The summed E-state index contributed by atoms with van der Waals surface area (Å²) in [7, 11) is 1.36. The lowest BCUT2D eigenvalue weighted by Gasteiger charge is -2.34. The molecule has 0 radical (unpaired) electrons. The Balaban J connectivity index is 2.06. The highest BCUT2D eigenvalue weighted by atomic mass is 16.5. The molecule has 0 spiro atoms. The number of ether oxygens (including phenoxy) is 2. The summed E-state index contributed by atoms with van der Waals surface area (Å²) in [6.07, 6.45) is 1.27. The number of carbonyl (C=O) groups is 2. The van der Waals surface area contributed by atoms with E-state index in [4.69, 9.17) is 4.74 Å². The van der Waals surface area contributed by atoms with E-state index in [1.54, 1.807) is 6.07 Å². The van der Waals surface area contributed by atoms with E-state index < -0.39 is 0 Å². The maximum atomic E-state index is 12.2. The van der Waals surface area contributed by atoms with Crippen LogP contribution in [-0.4, -0.2) is 38.1 Å². The molecule has 1 aliphatic rings. The maximum absolute atomic E-state index is 12.2. The van der Waals surface area contributed by atoms with Gasteiger partial charge in [0.1, 0.15) is 11.9 Å². The van der Waals surface area contributed by atoms with Crippen LogP contribution in [0.3, 0.4) is 0 Å². The molecule has 1 aromatic carbocycles. The number of nitrogens with zero attached hydrogens (tertiary/aromatic N) is 1. The van der Waals surface area contributed by atoms with Gasteiger partial charge in [0.2, 0.25) is 0 Å². The fourth-order valence-electron chi connectivity index (χ4n) is 2.64. The standard InChI is InChI=1S/C17H23NO4/c1-4-18-11-12(2)22-16-9-8-13(10-14(16)18)15(19)6-5-7-17(20)21-3/h8-10,12H,4-7,11H2,1-3H3. The van der Waals surface area contributed by atoms with Crippen molar-refractivity contribution < 1.29 is 19.1 Å². The fraction of sp³-hybridized carbons (Fsp3) is 0.529. The van der Waals surface area contributed by atoms with E-state index in [1.165, 1.54) is 7.11 Å². The van der Waals surface area contributed by atoms with Crippen LogP contribution < -0.4 is 9.64 Å². The molecule has 0 aromatic heterocycles. The number of rotatable bonds is 6. The molecule has 2 rings (SSSR count). The smallest absolute Gasteiger partial charge is 0.305 e. The third kappa shape index (κ3) is 3.78. The number of esters is 1. The molecule has 1 aromatic rings. The Morgan fingerprint density at radius 2 is 2.14 bits per heavy atom. The Hall–Kier alpha value is -2.04. The first-order valence-electron chi connectivity index (χ1n) is 7.70. The van der Waals surface area contributed by atoms with Gasteiger partial charge in [-0.25, -0.2) is 0 Å². The molecule has 1 aliphatic heterocycles. The number of carbonyl (C=O) groups excluding carboxylic acids is 2. The van der Waals surface area contributed by atoms with Crippen LogP contribution in [0.15, 0.2) is 18.2 Å². The topological polar surface area (TPSA) is 55.8 Å². The van der Waals surface area contributed by atoms with Gasteiger partial charge in [0.25, 0.3) is 0 Å². The van der Waals surface area contributed by atoms with Crippen molar-refractivity contribution in [3.8, 4) is 5.75 Å². The van der Waals surface area contributed by atoms with Crippen LogP contribution in [0.2, 0.25) is 0 Å². The van der Waals surface area contributed by atoms with Crippen molar-refractivity contribution in [2.75, 3.05) is 25.1 Å². The van der Waals surface area contributed by atoms with Crippen molar-refractivity contribution in [3.63, 3.8) is 0 Å². The van der Waals surface area contributed by atoms with E-state index in [9.17, 15) is 9.59 Å². The summed E-state index contributed by atoms with van der Waals surface area (Å²) in [5, 5.41) is 0. The average Bonchev–Trinajstić information content (AvgIpc) is 2.53. The highest BCUT2D eigenvalue weighted by molar-refractivity contribution is 5.97. The maximum Gasteiger partial charge on any atom is 0.305 e. The van der Waals surface area contributed by atoms with Crippen molar-refractivity contribution >= 4 is 17.4 Å². The molecule has 0 N–H and O–H groups in total. The van der Waals surface area contributed by atoms with E-state index >= 15 is 0 Å². The molecule has 1 atom stereocenters. The molecule has 0 amide bonds. The molecule has 0 saturated heterocycles. The van der Waals surface area contributed by atoms with Crippen molar-refractivity contribution in [2.45, 2.75) is 39.2 Å². The largest absolute Gasteiger partial charge is 0.487 e. The SMILES string of the molecule is CCN1CC(C)Oc2ccc(C(=O)CCCC(=O)OC)cc21. The van der Waals surface area contributed by atoms with Gasteiger partial charge in [0, 0.05) is 24.9 Å². The van der Waals surface area contributed by atoms with Gasteiger partial charge >= 0.3 is 5.97 Å². The van der Waals surface area contributed by atoms with Crippen LogP contribution in [0.5, 0.6) is 5.75 Å². The molecule has 0 aliphatic carbocycles. The number of ketones is 1. The Morgan fingerprint density at radius 3 is 2.82 bits per heavy atom. The minimum absolute atomic E-state index is 0.0429. The number of likely N-dealkylation sites (N-methyl/N-ethyl adjacent to an activating group) is 1. The summed E-state index contributed by atoms with van der Waals surface area (Å²) < 4.78 is 10.4. The summed E-state index contributed by atoms with van der Waals surface area (Å²) in [4.78, 5) is 25.5. The quantitative estimate of drug-likeness (QED) is 0.597. The van der Waals surface area contributed by atoms with E-state index in [0.29, 0.717) is 18.4 Å². The third-order valence-corrected chi connectivity index (χ3v) is 3.82. The van der Waals surface area contributed by atoms with Crippen LogP contribution in [0.25, 0.3) is 0 Å². The predicted molar refractivity (Wildman–Crippen MR) is 84.6 cm³/mol. The number of benzene rings is 1. The minimum Gasteiger partial charge on any atom is -0.487 e. The Kier molecular flexibility index (Phi) is 5.41. The average molecular weight is 305 g/mol. The van der Waals surface area contributed by atoms with Gasteiger partial charge in [0.05, 0.1) is 19.3 Å². The first-order chi connectivity index (χ1) is 10.5. The predicted octanol–water partition coefficient (Wildman–Crippen LogP) is 2.82. The van der Waals surface area contributed by atoms with Gasteiger partial charge < -0.3 is 14.4 Å². The number of anilines is 1. The lowest BCUT2D eigenvalue weighted by molar-refractivity contribution is -0.140. The molecular weight excluding hydrogens is 282 g/mol. The van der Waals surface area contributed by atoms with Crippen molar-refractivity contribution in [1.29, 1.82) is 0 Å². The van der Waals surface area contributed by atoms with E-state index in [2.05, 4.69) is 16.6 Å². The number of methoxy groups -OCH3 is 1. The molecule has 0 fully saturated rings. The van der Waals surface area contributed by atoms with Gasteiger partial charge in [-0.05, 0) is 38.5 Å². The second kappa shape index (κ2) is 7.29. The first-order valence-corrected chi connectivity index (χ1v) is 7.70. The van der Waals surface area contributed by atoms with E-state index in [1.807, 2.05) is 19.1 Å². The van der Waals surface area contributed by atoms with E-state index in [-0.39, 0.29) is 24.3 Å². The highest BCUT2D eigenvalue weighted by Crippen LogP contribution is 2.34. The number of hydrogen-bond acceptors (Lipinski definition) is 5. The summed E-state index contributed by atoms with van der Waals surface area (Å²) in [6.45, 7) is 5.83. The van der Waals surface area contributed by atoms with Crippen LogP contribution in [0.1, 0.15) is 43.5 Å². The number of hydrogen-bond donors (Lipinski definition) is 0. The molecule has 5 heteroatoms. The van der Waals surface area contributed by atoms with Gasteiger partial charge in [-0.1, -0.05) is 0 Å². The molecule has 0 saturated carbocycles. The van der Waals surface area contributed by atoms with Crippen molar-refractivity contribution in [3.05, 3.63) is 23.8 Å². The molecule has 0 bridgehead atoms. The van der Waals surface area contributed by atoms with Crippen molar-refractivity contribution in [1.82, 2.24) is 0 Å². The van der Waals surface area contributed by atoms with Gasteiger partial charge in [-0.2, -0.15) is 0 Å². The molecule has 22 heavy (non-hydrogen) atoms. The monoisotopic (exact) mass is 305 g/mol. The molecule has 1 unspecified atom stereocenters. The van der Waals surface area contributed by atoms with Crippen LogP contribution in [-0.2, 0) is 9.53 Å². The minimum atomic E-state index is -0.280. The van der Waals surface area contributed by atoms with Crippen molar-refractivity contribution in [2.24, 2.45) is 0 Å². The lowest BCUT2D eigenvalue weighted by atomic mass is 10.0. The van der Waals surface area contributed by atoms with Gasteiger partial charge in [0.15, 0.2) is 5.78 Å². The Morgan fingerprint density at radius 1 is 1.36 bits per heavy atom. The Bertz CT molecular complexity index is 556. The normalized spacial score (nSPS) is 16.7. The molecule has 1 heterocycles. The number of fused-ring (bicyclic) bond motifs is 1.